The molecule has 1 rings (SSSR count). The molecule has 0 aliphatic rings. The second kappa shape index (κ2) is 4.44. The first-order valence-electron chi connectivity index (χ1n) is 4.03. The molecule has 0 heterocycles. The van der Waals surface area contributed by atoms with Gasteiger partial charge >= 0.3 is 0 Å². The van der Waals surface area contributed by atoms with Crippen molar-refractivity contribution in [3.05, 3.63) is 42.1 Å². The number of para-hydroxylation sites is 1. The van der Waals surface area contributed by atoms with Gasteiger partial charge in [-0.1, -0.05) is 24.3 Å². The largest absolute Gasteiger partial charge is 0.306 e. The van der Waals surface area contributed by atoms with Gasteiger partial charge in [0.1, 0.15) is 0 Å². The van der Waals surface area contributed by atoms with Gasteiger partial charge in [0.05, 0.1) is 5.69 Å². The fraction of sp³-hybridized carbons (Fsp3) is 0.200. The predicted molar refractivity (Wildman–Crippen MR) is 52.6 cm³/mol. The Kier molecular flexibility index (Phi) is 3.20. The molecule has 0 unspecified atom stereocenters. The van der Waals surface area contributed by atoms with E-state index in [0.717, 1.165) is 11.4 Å². The highest BCUT2D eigenvalue weighted by Crippen LogP contribution is 2.03. The zero-order chi connectivity index (χ0) is 8.81. The maximum Gasteiger partial charge on any atom is 0.0539 e. The minimum atomic E-state index is 1.07. The number of hydrogen-bond acceptors (Lipinski definition) is 2. The summed E-state index contributed by atoms with van der Waals surface area (Å²) in [4.78, 5) is 0. The van der Waals surface area contributed by atoms with E-state index in [1.807, 2.05) is 50.3 Å². The summed E-state index contributed by atoms with van der Waals surface area (Å²) in [6, 6.07) is 10.0. The van der Waals surface area contributed by atoms with Gasteiger partial charge in [0.2, 0.25) is 0 Å². The Morgan fingerprint density at radius 3 is 2.50 bits per heavy atom. The van der Waals surface area contributed by atoms with E-state index < -0.39 is 0 Å². The molecule has 64 valence electrons. The maximum absolute atomic E-state index is 3.08. The molecule has 12 heavy (non-hydrogen) atoms. The third-order valence-electron chi connectivity index (χ3n) is 1.61. The van der Waals surface area contributed by atoms with Crippen LogP contribution in [0.5, 0.6) is 0 Å². The van der Waals surface area contributed by atoms with Gasteiger partial charge in [0.25, 0.3) is 0 Å². The van der Waals surface area contributed by atoms with Crippen LogP contribution >= 0.6 is 0 Å². The van der Waals surface area contributed by atoms with Crippen LogP contribution < -0.4 is 10.9 Å². The van der Waals surface area contributed by atoms with Gasteiger partial charge in [-0.2, -0.15) is 0 Å². The summed E-state index contributed by atoms with van der Waals surface area (Å²) in [5, 5.41) is 0. The molecule has 0 radical (unpaired) electrons. The zero-order valence-corrected chi connectivity index (χ0v) is 7.46. The van der Waals surface area contributed by atoms with Crippen molar-refractivity contribution in [3.8, 4) is 0 Å². The molecule has 2 heteroatoms. The number of hydrogen-bond donors (Lipinski definition) is 2. The summed E-state index contributed by atoms with van der Waals surface area (Å²) in [5.74, 6) is 0. The summed E-state index contributed by atoms with van der Waals surface area (Å²) in [6.45, 7) is 4.00. The molecule has 0 bridgehead atoms. The second-order valence-electron chi connectivity index (χ2n) is 2.59. The van der Waals surface area contributed by atoms with Gasteiger partial charge in [-0.05, 0) is 26.0 Å². The van der Waals surface area contributed by atoms with Gasteiger partial charge in [-0.25, -0.2) is 0 Å². The lowest BCUT2D eigenvalue weighted by Crippen LogP contribution is -2.18. The summed E-state index contributed by atoms with van der Waals surface area (Å²) in [6.07, 6.45) is 2.01. The molecule has 0 atom stereocenters. The normalized spacial score (nSPS) is 11.0. The first-order valence-corrected chi connectivity index (χ1v) is 4.03. The lowest BCUT2D eigenvalue weighted by atomic mass is 10.3. The van der Waals surface area contributed by atoms with Crippen LogP contribution in [-0.2, 0) is 0 Å². The Balaban J connectivity index is 2.44. The summed E-state index contributed by atoms with van der Waals surface area (Å²) >= 11 is 0. The molecule has 0 aliphatic carbocycles. The van der Waals surface area contributed by atoms with E-state index in [0.29, 0.717) is 0 Å². The van der Waals surface area contributed by atoms with Crippen LogP contribution in [0, 0.1) is 0 Å². The molecule has 0 amide bonds. The summed E-state index contributed by atoms with van der Waals surface area (Å²) in [7, 11) is 0. The molecular weight excluding hydrogens is 148 g/mol. The molecule has 0 saturated carbocycles. The number of rotatable bonds is 3. The van der Waals surface area contributed by atoms with Crippen LogP contribution in [0.4, 0.5) is 5.69 Å². The van der Waals surface area contributed by atoms with Gasteiger partial charge in [0.15, 0.2) is 0 Å². The van der Waals surface area contributed by atoms with E-state index in [1.165, 1.54) is 0 Å². The number of anilines is 1. The average molecular weight is 162 g/mol. The highest BCUT2D eigenvalue weighted by atomic mass is 15.4. The lowest BCUT2D eigenvalue weighted by Gasteiger charge is -2.08. The number of hydrazine groups is 1. The highest BCUT2D eigenvalue weighted by molar-refractivity contribution is 5.41. The van der Waals surface area contributed by atoms with E-state index >= 15 is 0 Å². The molecule has 1 aromatic carbocycles. The van der Waals surface area contributed by atoms with Gasteiger partial charge in [-0.3, -0.25) is 0 Å². The lowest BCUT2D eigenvalue weighted by molar-refractivity contribution is 0.957. The smallest absolute Gasteiger partial charge is 0.0539 e. The second-order valence-corrected chi connectivity index (χ2v) is 2.59. The Hall–Kier alpha value is -1.44. The Morgan fingerprint density at radius 1 is 1.25 bits per heavy atom. The van der Waals surface area contributed by atoms with Crippen molar-refractivity contribution in [2.75, 3.05) is 5.43 Å². The van der Waals surface area contributed by atoms with Crippen molar-refractivity contribution in [1.29, 1.82) is 0 Å². The van der Waals surface area contributed by atoms with Crippen molar-refractivity contribution in [2.24, 2.45) is 0 Å². The van der Waals surface area contributed by atoms with Crippen LogP contribution in [0.15, 0.2) is 42.1 Å². The highest BCUT2D eigenvalue weighted by Gasteiger charge is 1.86. The van der Waals surface area contributed by atoms with Crippen LogP contribution in [0.1, 0.15) is 13.8 Å². The Labute approximate surface area is 73.3 Å². The zero-order valence-electron chi connectivity index (χ0n) is 7.46. The standard InChI is InChI=1S/C10H14N2/c1-3-9(2)11-12-10-7-5-4-6-8-10/h3-8,11-12H,1-2H3/b9-3+. The molecule has 0 fully saturated rings. The van der Waals surface area contributed by atoms with Gasteiger partial charge < -0.3 is 10.9 Å². The van der Waals surface area contributed by atoms with Crippen LogP contribution in [0.3, 0.4) is 0 Å². The van der Waals surface area contributed by atoms with Crippen molar-refractivity contribution in [2.45, 2.75) is 13.8 Å². The SMILES string of the molecule is C/C=C(\C)NNc1ccccc1. The number of nitrogens with one attached hydrogen (secondary N) is 2. The van der Waals surface area contributed by atoms with E-state index in [4.69, 9.17) is 0 Å². The summed E-state index contributed by atoms with van der Waals surface area (Å²) in [5.41, 5.74) is 8.32. The van der Waals surface area contributed by atoms with Crippen molar-refractivity contribution in [3.63, 3.8) is 0 Å². The van der Waals surface area contributed by atoms with Crippen molar-refractivity contribution < 1.29 is 0 Å². The third-order valence-corrected chi connectivity index (χ3v) is 1.61. The molecule has 2 N–H and O–H groups in total. The number of allylic oxidation sites excluding steroid dienone is 2. The third kappa shape index (κ3) is 2.66. The van der Waals surface area contributed by atoms with Crippen LogP contribution in [0.2, 0.25) is 0 Å². The fourth-order valence-corrected chi connectivity index (χ4v) is 0.764. The fourth-order valence-electron chi connectivity index (χ4n) is 0.764. The first kappa shape index (κ1) is 8.65. The molecule has 0 aromatic heterocycles. The molecular formula is C10H14N2. The molecule has 0 aliphatic heterocycles. The van der Waals surface area contributed by atoms with E-state index in [-0.39, 0.29) is 0 Å². The minimum absolute atomic E-state index is 1.07. The molecule has 2 nitrogen and oxygen atoms in total. The predicted octanol–water partition coefficient (Wildman–Crippen LogP) is 2.53. The van der Waals surface area contributed by atoms with Crippen LogP contribution in [-0.4, -0.2) is 0 Å². The van der Waals surface area contributed by atoms with Crippen molar-refractivity contribution in [1.82, 2.24) is 5.43 Å². The van der Waals surface area contributed by atoms with E-state index in [2.05, 4.69) is 10.9 Å². The van der Waals surface area contributed by atoms with E-state index in [9.17, 15) is 0 Å². The number of benzene rings is 1. The Bertz CT molecular complexity index is 252. The first-order chi connectivity index (χ1) is 5.83. The van der Waals surface area contributed by atoms with E-state index in [1.54, 1.807) is 0 Å². The topological polar surface area (TPSA) is 24.1 Å². The summed E-state index contributed by atoms with van der Waals surface area (Å²) < 4.78 is 0. The minimum Gasteiger partial charge on any atom is -0.306 e. The van der Waals surface area contributed by atoms with Crippen LogP contribution in [0.25, 0.3) is 0 Å². The van der Waals surface area contributed by atoms with Gasteiger partial charge in [0, 0.05) is 5.70 Å². The molecule has 0 saturated heterocycles. The molecule has 1 aromatic rings. The van der Waals surface area contributed by atoms with Gasteiger partial charge in [-0.15, -0.1) is 0 Å². The van der Waals surface area contributed by atoms with Crippen molar-refractivity contribution >= 4 is 5.69 Å². The maximum atomic E-state index is 3.08. The Morgan fingerprint density at radius 2 is 1.92 bits per heavy atom. The quantitative estimate of drug-likeness (QED) is 0.667. The monoisotopic (exact) mass is 162 g/mol. The molecule has 0 spiro atoms. The average Bonchev–Trinajstić information content (AvgIpc) is 2.16.